The van der Waals surface area contributed by atoms with Crippen molar-refractivity contribution >= 4 is 22.4 Å². The average molecular weight is 271 g/mol. The largest absolute Gasteiger partial charge is 0.369 e. The maximum absolute atomic E-state index is 4.39. The molecule has 0 saturated carbocycles. The number of aromatic nitrogens is 2. The van der Waals surface area contributed by atoms with Crippen LogP contribution >= 0.6 is 0 Å². The Morgan fingerprint density at radius 1 is 1.05 bits per heavy atom. The van der Waals surface area contributed by atoms with E-state index < -0.39 is 0 Å². The van der Waals surface area contributed by atoms with Crippen molar-refractivity contribution in [2.24, 2.45) is 0 Å². The number of hydrogen-bond donors (Lipinski definition) is 0. The van der Waals surface area contributed by atoms with E-state index in [1.54, 1.807) is 6.33 Å². The third-order valence-corrected chi connectivity index (χ3v) is 3.89. The predicted octanol–water partition coefficient (Wildman–Crippen LogP) is 1.45. The number of likely N-dealkylation sites (N-methyl/N-ethyl adjacent to an activating group) is 1. The minimum absolute atomic E-state index is 0.978. The molecule has 0 bridgehead atoms. The molecular formula is C15H21N5. The van der Waals surface area contributed by atoms with Crippen LogP contribution in [0.25, 0.3) is 10.9 Å². The molecule has 5 nitrogen and oxygen atoms in total. The van der Waals surface area contributed by atoms with Crippen LogP contribution in [-0.4, -0.2) is 62.2 Å². The van der Waals surface area contributed by atoms with E-state index in [1.165, 1.54) is 5.69 Å². The summed E-state index contributed by atoms with van der Waals surface area (Å²) in [5, 5.41) is 1.12. The number of fused-ring (bicyclic) bond motifs is 1. The molecule has 20 heavy (non-hydrogen) atoms. The van der Waals surface area contributed by atoms with Gasteiger partial charge in [0.05, 0.1) is 5.52 Å². The van der Waals surface area contributed by atoms with Crippen LogP contribution in [0.2, 0.25) is 0 Å². The molecule has 1 aromatic heterocycles. The Balaban J connectivity index is 1.99. The van der Waals surface area contributed by atoms with Gasteiger partial charge in [0.2, 0.25) is 0 Å². The lowest BCUT2D eigenvalue weighted by molar-refractivity contribution is 0.313. The second-order valence-electron chi connectivity index (χ2n) is 5.58. The van der Waals surface area contributed by atoms with E-state index in [2.05, 4.69) is 45.0 Å². The summed E-state index contributed by atoms with van der Waals surface area (Å²) < 4.78 is 0. The van der Waals surface area contributed by atoms with Gasteiger partial charge in [0.25, 0.3) is 0 Å². The monoisotopic (exact) mass is 271 g/mol. The normalized spacial score (nSPS) is 16.6. The molecule has 1 aromatic carbocycles. The Morgan fingerprint density at radius 2 is 1.80 bits per heavy atom. The molecule has 1 saturated heterocycles. The van der Waals surface area contributed by atoms with E-state index in [0.717, 1.165) is 42.9 Å². The maximum atomic E-state index is 4.39. The van der Waals surface area contributed by atoms with Gasteiger partial charge in [-0.05, 0) is 25.2 Å². The fourth-order valence-electron chi connectivity index (χ4n) is 2.65. The molecule has 1 fully saturated rings. The highest BCUT2D eigenvalue weighted by molar-refractivity contribution is 5.91. The van der Waals surface area contributed by atoms with Crippen LogP contribution in [0, 0.1) is 0 Å². The molecule has 0 atom stereocenters. The fourth-order valence-corrected chi connectivity index (χ4v) is 2.65. The number of rotatable bonds is 2. The van der Waals surface area contributed by atoms with Crippen LogP contribution in [0.4, 0.5) is 11.5 Å². The zero-order chi connectivity index (χ0) is 14.1. The molecule has 2 aromatic rings. The lowest BCUT2D eigenvalue weighted by Crippen LogP contribution is -2.44. The molecule has 0 aliphatic carbocycles. The van der Waals surface area contributed by atoms with E-state index in [-0.39, 0.29) is 0 Å². The first-order chi connectivity index (χ1) is 9.65. The molecule has 0 unspecified atom stereocenters. The molecule has 106 valence electrons. The minimum atomic E-state index is 0.978. The van der Waals surface area contributed by atoms with E-state index in [4.69, 9.17) is 0 Å². The number of piperazine rings is 1. The summed E-state index contributed by atoms with van der Waals surface area (Å²) in [6.07, 6.45) is 1.63. The van der Waals surface area contributed by atoms with E-state index in [9.17, 15) is 0 Å². The van der Waals surface area contributed by atoms with Gasteiger partial charge < -0.3 is 14.7 Å². The van der Waals surface area contributed by atoms with Gasteiger partial charge >= 0.3 is 0 Å². The van der Waals surface area contributed by atoms with Crippen LogP contribution in [-0.2, 0) is 0 Å². The molecule has 1 aliphatic rings. The van der Waals surface area contributed by atoms with Gasteiger partial charge in [-0.2, -0.15) is 0 Å². The first-order valence-electron chi connectivity index (χ1n) is 7.01. The first kappa shape index (κ1) is 13.1. The van der Waals surface area contributed by atoms with Crippen LogP contribution in [0.1, 0.15) is 0 Å². The smallest absolute Gasteiger partial charge is 0.139 e. The van der Waals surface area contributed by atoms with Gasteiger partial charge in [-0.3, -0.25) is 0 Å². The van der Waals surface area contributed by atoms with Gasteiger partial charge in [-0.25, -0.2) is 9.97 Å². The molecule has 1 aliphatic heterocycles. The average Bonchev–Trinajstić information content (AvgIpc) is 2.46. The molecule has 0 amide bonds. The Hall–Kier alpha value is -1.88. The lowest BCUT2D eigenvalue weighted by Gasteiger charge is -2.34. The summed E-state index contributed by atoms with van der Waals surface area (Å²) >= 11 is 0. The third-order valence-electron chi connectivity index (χ3n) is 3.89. The molecular weight excluding hydrogens is 250 g/mol. The highest BCUT2D eigenvalue weighted by Gasteiger charge is 2.15. The van der Waals surface area contributed by atoms with E-state index in [1.807, 2.05) is 19.0 Å². The van der Waals surface area contributed by atoms with Gasteiger partial charge in [-0.1, -0.05) is 0 Å². The first-order valence-corrected chi connectivity index (χ1v) is 7.01. The van der Waals surface area contributed by atoms with Gasteiger partial charge in [0.1, 0.15) is 12.1 Å². The standard InChI is InChI=1S/C15H21N5/c1-18(2)15-13-10-12(4-5-14(13)16-11-17-15)20-8-6-19(3)7-9-20/h4-5,10-11H,6-9H2,1-3H3. The molecule has 2 heterocycles. The van der Waals surface area contributed by atoms with Gasteiger partial charge in [0.15, 0.2) is 0 Å². The molecule has 0 spiro atoms. The van der Waals surface area contributed by atoms with Crippen molar-refractivity contribution in [2.75, 3.05) is 57.1 Å². The Morgan fingerprint density at radius 3 is 2.50 bits per heavy atom. The fraction of sp³-hybridized carbons (Fsp3) is 0.467. The van der Waals surface area contributed by atoms with Crippen molar-refractivity contribution < 1.29 is 0 Å². The van der Waals surface area contributed by atoms with Gasteiger partial charge in [0, 0.05) is 51.3 Å². The predicted molar refractivity (Wildman–Crippen MR) is 83.6 cm³/mol. The zero-order valence-corrected chi connectivity index (χ0v) is 12.4. The van der Waals surface area contributed by atoms with Crippen molar-refractivity contribution in [2.45, 2.75) is 0 Å². The van der Waals surface area contributed by atoms with Gasteiger partial charge in [-0.15, -0.1) is 0 Å². The van der Waals surface area contributed by atoms with Crippen molar-refractivity contribution in [3.8, 4) is 0 Å². The van der Waals surface area contributed by atoms with Crippen LogP contribution < -0.4 is 9.80 Å². The number of hydrogen-bond acceptors (Lipinski definition) is 5. The number of nitrogens with zero attached hydrogens (tertiary/aromatic N) is 5. The van der Waals surface area contributed by atoms with E-state index >= 15 is 0 Å². The molecule has 0 N–H and O–H groups in total. The number of anilines is 2. The van der Waals surface area contributed by atoms with Crippen molar-refractivity contribution in [3.63, 3.8) is 0 Å². The summed E-state index contributed by atoms with van der Waals surface area (Å²) in [6.45, 7) is 4.38. The SMILES string of the molecule is CN1CCN(c2ccc3ncnc(N(C)C)c3c2)CC1. The van der Waals surface area contributed by atoms with Crippen LogP contribution in [0.15, 0.2) is 24.5 Å². The highest BCUT2D eigenvalue weighted by atomic mass is 15.2. The van der Waals surface area contributed by atoms with E-state index in [0.29, 0.717) is 0 Å². The summed E-state index contributed by atoms with van der Waals surface area (Å²) in [5.41, 5.74) is 2.27. The minimum Gasteiger partial charge on any atom is -0.369 e. The summed E-state index contributed by atoms with van der Waals surface area (Å²) in [4.78, 5) is 15.6. The van der Waals surface area contributed by atoms with Crippen molar-refractivity contribution in [3.05, 3.63) is 24.5 Å². The molecule has 5 heteroatoms. The Kier molecular flexibility index (Phi) is 3.44. The quantitative estimate of drug-likeness (QED) is 0.826. The third kappa shape index (κ3) is 2.41. The lowest BCUT2D eigenvalue weighted by atomic mass is 10.1. The van der Waals surface area contributed by atoms with Crippen LogP contribution in [0.3, 0.4) is 0 Å². The maximum Gasteiger partial charge on any atom is 0.139 e. The second-order valence-corrected chi connectivity index (χ2v) is 5.58. The zero-order valence-electron chi connectivity index (χ0n) is 12.4. The Bertz CT molecular complexity index is 602. The molecule has 3 rings (SSSR count). The highest BCUT2D eigenvalue weighted by Crippen LogP contribution is 2.27. The summed E-state index contributed by atoms with van der Waals surface area (Å²) in [5.74, 6) is 0.978. The molecule has 0 radical (unpaired) electrons. The topological polar surface area (TPSA) is 35.5 Å². The van der Waals surface area contributed by atoms with Crippen LogP contribution in [0.5, 0.6) is 0 Å². The summed E-state index contributed by atoms with van der Waals surface area (Å²) in [6, 6.07) is 6.48. The second kappa shape index (κ2) is 5.25. The number of benzene rings is 1. The van der Waals surface area contributed by atoms with Crippen molar-refractivity contribution in [1.29, 1.82) is 0 Å². The Labute approximate surface area is 119 Å². The van der Waals surface area contributed by atoms with Crippen molar-refractivity contribution in [1.82, 2.24) is 14.9 Å². The summed E-state index contributed by atoms with van der Waals surface area (Å²) in [7, 11) is 6.21.